The molecule has 1 amide bonds. The van der Waals surface area contributed by atoms with Gasteiger partial charge in [0.05, 0.1) is 33.3 Å². The highest BCUT2D eigenvalue weighted by atomic mass is 35.5. The number of halogens is 1. The van der Waals surface area contributed by atoms with Crippen molar-refractivity contribution in [2.45, 2.75) is 13.5 Å². The van der Waals surface area contributed by atoms with Crippen molar-refractivity contribution in [3.63, 3.8) is 0 Å². The number of benzene rings is 1. The molecule has 0 bridgehead atoms. The average Bonchev–Trinajstić information content (AvgIpc) is 2.83. The first-order valence-electron chi connectivity index (χ1n) is 5.98. The predicted octanol–water partition coefficient (Wildman–Crippen LogP) is 3.29. The van der Waals surface area contributed by atoms with Crippen molar-refractivity contribution >= 4 is 34.5 Å². The van der Waals surface area contributed by atoms with E-state index in [1.54, 1.807) is 12.6 Å². The molecule has 0 spiro atoms. The van der Waals surface area contributed by atoms with Gasteiger partial charge in [0.2, 0.25) is 0 Å². The lowest BCUT2D eigenvalue weighted by Crippen LogP contribution is -2.26. The number of rotatable bonds is 4. The first kappa shape index (κ1) is 15.4. The molecule has 0 saturated carbocycles. The summed E-state index contributed by atoms with van der Waals surface area (Å²) in [6, 6.07) is 3.82. The molecule has 1 aromatic carbocycles. The molecule has 6 nitrogen and oxygen atoms in total. The summed E-state index contributed by atoms with van der Waals surface area (Å²) < 4.78 is 0. The van der Waals surface area contributed by atoms with E-state index in [1.165, 1.54) is 34.4 Å². The number of amides is 1. The van der Waals surface area contributed by atoms with E-state index in [0.717, 1.165) is 10.6 Å². The lowest BCUT2D eigenvalue weighted by molar-refractivity contribution is -0.384. The Morgan fingerprint density at radius 1 is 1.52 bits per heavy atom. The third kappa shape index (κ3) is 3.37. The number of aryl methyl sites for hydroxylation is 1. The maximum Gasteiger partial charge on any atom is 0.270 e. The van der Waals surface area contributed by atoms with Crippen LogP contribution in [0.4, 0.5) is 5.69 Å². The number of non-ortho nitro benzene ring substituents is 1. The fraction of sp³-hybridized carbons (Fsp3) is 0.231. The number of nitro groups is 1. The van der Waals surface area contributed by atoms with Crippen molar-refractivity contribution in [1.29, 1.82) is 0 Å². The summed E-state index contributed by atoms with van der Waals surface area (Å²) in [6.07, 6.45) is 0. The van der Waals surface area contributed by atoms with Gasteiger partial charge in [-0.2, -0.15) is 0 Å². The highest BCUT2D eigenvalue weighted by Crippen LogP contribution is 2.24. The number of aromatic nitrogens is 1. The van der Waals surface area contributed by atoms with E-state index in [1.807, 2.05) is 6.92 Å². The Hall–Kier alpha value is -1.99. The molecule has 0 radical (unpaired) electrons. The normalized spacial score (nSPS) is 10.4. The molecule has 0 unspecified atom stereocenters. The fourth-order valence-electron chi connectivity index (χ4n) is 1.76. The first-order chi connectivity index (χ1) is 9.90. The molecule has 0 N–H and O–H groups in total. The Kier molecular flexibility index (Phi) is 4.54. The van der Waals surface area contributed by atoms with Crippen LogP contribution in [-0.4, -0.2) is 27.8 Å². The maximum absolute atomic E-state index is 12.3. The Morgan fingerprint density at radius 2 is 2.24 bits per heavy atom. The smallest absolute Gasteiger partial charge is 0.270 e. The number of nitro benzene ring substituents is 1. The third-order valence-electron chi connectivity index (χ3n) is 2.97. The molecule has 0 fully saturated rings. The van der Waals surface area contributed by atoms with Crippen LogP contribution in [0.2, 0.25) is 5.02 Å². The van der Waals surface area contributed by atoms with E-state index in [0.29, 0.717) is 6.54 Å². The Bertz CT molecular complexity index is 702. The molecule has 0 aliphatic rings. The summed E-state index contributed by atoms with van der Waals surface area (Å²) in [7, 11) is 1.65. The van der Waals surface area contributed by atoms with E-state index in [-0.39, 0.29) is 22.2 Å². The summed E-state index contributed by atoms with van der Waals surface area (Å²) in [4.78, 5) is 29.1. The molecule has 110 valence electrons. The number of hydrogen-bond donors (Lipinski definition) is 0. The van der Waals surface area contributed by atoms with Crippen LogP contribution >= 0.6 is 22.9 Å². The van der Waals surface area contributed by atoms with Crippen LogP contribution in [0.5, 0.6) is 0 Å². The first-order valence-corrected chi connectivity index (χ1v) is 7.24. The van der Waals surface area contributed by atoms with Crippen LogP contribution in [0.25, 0.3) is 0 Å². The third-order valence-corrected chi connectivity index (χ3v) is 4.20. The zero-order valence-electron chi connectivity index (χ0n) is 11.4. The molecule has 0 atom stereocenters. The molecule has 2 aromatic rings. The van der Waals surface area contributed by atoms with Gasteiger partial charge in [-0.25, -0.2) is 4.98 Å². The Labute approximate surface area is 130 Å². The van der Waals surface area contributed by atoms with E-state index >= 15 is 0 Å². The van der Waals surface area contributed by atoms with E-state index in [2.05, 4.69) is 4.98 Å². The molecule has 8 heteroatoms. The quantitative estimate of drug-likeness (QED) is 0.638. The van der Waals surface area contributed by atoms with E-state index in [4.69, 9.17) is 11.6 Å². The minimum atomic E-state index is -0.551. The van der Waals surface area contributed by atoms with Gasteiger partial charge in [-0.15, -0.1) is 11.3 Å². The Balaban J connectivity index is 2.19. The lowest BCUT2D eigenvalue weighted by Gasteiger charge is -2.17. The van der Waals surface area contributed by atoms with Gasteiger partial charge in [0.15, 0.2) is 0 Å². The fourth-order valence-corrected chi connectivity index (χ4v) is 2.85. The van der Waals surface area contributed by atoms with Gasteiger partial charge < -0.3 is 4.90 Å². The number of carbonyl (C=O) groups is 1. The van der Waals surface area contributed by atoms with Crippen molar-refractivity contribution in [3.8, 4) is 0 Å². The van der Waals surface area contributed by atoms with Crippen LogP contribution in [0, 0.1) is 17.0 Å². The van der Waals surface area contributed by atoms with E-state index in [9.17, 15) is 14.9 Å². The number of carbonyl (C=O) groups excluding carboxylic acids is 1. The summed E-state index contributed by atoms with van der Waals surface area (Å²) in [6.45, 7) is 2.30. The molecule has 0 aliphatic heterocycles. The van der Waals surface area contributed by atoms with Crippen LogP contribution in [0.3, 0.4) is 0 Å². The summed E-state index contributed by atoms with van der Waals surface area (Å²) in [5.41, 5.74) is 2.71. The van der Waals surface area contributed by atoms with Gasteiger partial charge in [0.1, 0.15) is 0 Å². The molecule has 21 heavy (non-hydrogen) atoms. The van der Waals surface area contributed by atoms with Crippen LogP contribution in [-0.2, 0) is 6.54 Å². The molecule has 1 aromatic heterocycles. The maximum atomic E-state index is 12.3. The molecule has 2 rings (SSSR count). The Morgan fingerprint density at radius 3 is 2.76 bits per heavy atom. The number of hydrogen-bond acceptors (Lipinski definition) is 5. The molecule has 0 aliphatic carbocycles. The van der Waals surface area contributed by atoms with Crippen molar-refractivity contribution < 1.29 is 9.72 Å². The topological polar surface area (TPSA) is 76.3 Å². The van der Waals surface area contributed by atoms with Crippen LogP contribution in [0.15, 0.2) is 23.7 Å². The highest BCUT2D eigenvalue weighted by Gasteiger charge is 2.19. The summed E-state index contributed by atoms with van der Waals surface area (Å²) >= 11 is 7.44. The largest absolute Gasteiger partial charge is 0.336 e. The van der Waals surface area contributed by atoms with Crippen molar-refractivity contribution in [3.05, 3.63) is 55.0 Å². The summed E-state index contributed by atoms with van der Waals surface area (Å²) in [5.74, 6) is -0.289. The molecule has 0 saturated heterocycles. The number of nitrogens with zero attached hydrogens (tertiary/aromatic N) is 3. The van der Waals surface area contributed by atoms with Gasteiger partial charge in [-0.3, -0.25) is 14.9 Å². The standard InChI is InChI=1S/C13H12ClN3O3S/c1-8-12(21-7-15-8)6-16(2)13(18)10-4-3-9(17(19)20)5-11(10)14/h3-5,7H,6H2,1-2H3. The zero-order valence-corrected chi connectivity index (χ0v) is 12.9. The van der Waals surface area contributed by atoms with Crippen molar-refractivity contribution in [2.24, 2.45) is 0 Å². The second-order valence-electron chi connectivity index (χ2n) is 4.44. The van der Waals surface area contributed by atoms with Gasteiger partial charge in [0.25, 0.3) is 11.6 Å². The predicted molar refractivity (Wildman–Crippen MR) is 80.8 cm³/mol. The van der Waals surface area contributed by atoms with Gasteiger partial charge >= 0.3 is 0 Å². The summed E-state index contributed by atoms with van der Waals surface area (Å²) in [5, 5.41) is 10.7. The average molecular weight is 326 g/mol. The molecule has 1 heterocycles. The van der Waals surface area contributed by atoms with Gasteiger partial charge in [-0.05, 0) is 13.0 Å². The van der Waals surface area contributed by atoms with Gasteiger partial charge in [-0.1, -0.05) is 11.6 Å². The van der Waals surface area contributed by atoms with E-state index < -0.39 is 4.92 Å². The minimum absolute atomic E-state index is 0.0714. The van der Waals surface area contributed by atoms with Crippen LogP contribution < -0.4 is 0 Å². The monoisotopic (exact) mass is 325 g/mol. The molecular weight excluding hydrogens is 314 g/mol. The lowest BCUT2D eigenvalue weighted by atomic mass is 10.2. The second-order valence-corrected chi connectivity index (χ2v) is 5.79. The second kappa shape index (κ2) is 6.19. The minimum Gasteiger partial charge on any atom is -0.336 e. The SMILES string of the molecule is Cc1ncsc1CN(C)C(=O)c1ccc([N+](=O)[O-])cc1Cl. The van der Waals surface area contributed by atoms with Crippen LogP contribution in [0.1, 0.15) is 20.9 Å². The zero-order chi connectivity index (χ0) is 15.6. The highest BCUT2D eigenvalue weighted by molar-refractivity contribution is 7.09. The van der Waals surface area contributed by atoms with Crippen molar-refractivity contribution in [1.82, 2.24) is 9.88 Å². The molecular formula is C13H12ClN3O3S. The number of thiazole rings is 1. The van der Waals surface area contributed by atoms with Gasteiger partial charge in [0, 0.05) is 24.1 Å². The van der Waals surface area contributed by atoms with Crippen molar-refractivity contribution in [2.75, 3.05) is 7.05 Å².